The molecule has 1 aliphatic carbocycles. The molecular formula is C27H28N4O2S. The summed E-state index contributed by atoms with van der Waals surface area (Å²) in [6.45, 7) is 4.15. The van der Waals surface area contributed by atoms with Crippen LogP contribution in [0.2, 0.25) is 0 Å². The molecule has 0 unspecified atom stereocenters. The van der Waals surface area contributed by atoms with Crippen molar-refractivity contribution in [3.05, 3.63) is 70.9 Å². The molecule has 6 nitrogen and oxygen atoms in total. The van der Waals surface area contributed by atoms with Gasteiger partial charge in [-0.05, 0) is 67.6 Å². The van der Waals surface area contributed by atoms with Crippen LogP contribution in [0.25, 0.3) is 10.2 Å². The van der Waals surface area contributed by atoms with Crippen molar-refractivity contribution in [1.29, 1.82) is 0 Å². The lowest BCUT2D eigenvalue weighted by Crippen LogP contribution is -2.36. The van der Waals surface area contributed by atoms with E-state index in [1.807, 2.05) is 65.9 Å². The molecule has 174 valence electrons. The van der Waals surface area contributed by atoms with Gasteiger partial charge in [0.25, 0.3) is 0 Å². The highest BCUT2D eigenvalue weighted by Gasteiger charge is 2.22. The van der Waals surface area contributed by atoms with E-state index in [0.717, 1.165) is 79.3 Å². The summed E-state index contributed by atoms with van der Waals surface area (Å²) in [6.07, 6.45) is 4.76. The number of aromatic nitrogens is 2. The Morgan fingerprint density at radius 3 is 2.50 bits per heavy atom. The van der Waals surface area contributed by atoms with Gasteiger partial charge in [0, 0.05) is 23.7 Å². The standard InChI is InChI=1S/C27H28N4O2S/c1-2-6-20(7-3-1)33-21-12-10-19(11-13-21)28-26-25-22-8-4-5-9-23(22)34-27(25)30-24(29-26)18-31-14-16-32-17-15-31/h1-3,6-7,10-13H,4-5,8-9,14-18H2,(H,28,29,30). The number of thiophene rings is 1. The van der Waals surface area contributed by atoms with Crippen LogP contribution in [0.15, 0.2) is 54.6 Å². The van der Waals surface area contributed by atoms with Gasteiger partial charge in [-0.15, -0.1) is 11.3 Å². The van der Waals surface area contributed by atoms with E-state index in [1.54, 1.807) is 0 Å². The van der Waals surface area contributed by atoms with Crippen LogP contribution < -0.4 is 10.1 Å². The molecule has 0 atom stereocenters. The summed E-state index contributed by atoms with van der Waals surface area (Å²) < 4.78 is 11.5. The van der Waals surface area contributed by atoms with Crippen LogP contribution in [0.1, 0.15) is 29.1 Å². The molecule has 1 aliphatic heterocycles. The molecule has 2 aromatic heterocycles. The highest BCUT2D eigenvalue weighted by molar-refractivity contribution is 7.19. The monoisotopic (exact) mass is 472 g/mol. The number of benzene rings is 2. The maximum atomic E-state index is 5.95. The van der Waals surface area contributed by atoms with Gasteiger partial charge in [0.15, 0.2) is 0 Å². The van der Waals surface area contributed by atoms with Crippen LogP contribution in [0.4, 0.5) is 11.5 Å². The molecule has 4 aromatic rings. The third-order valence-electron chi connectivity index (χ3n) is 6.43. The predicted octanol–water partition coefficient (Wildman–Crippen LogP) is 5.94. The first-order valence-corrected chi connectivity index (χ1v) is 12.8. The molecule has 0 spiro atoms. The van der Waals surface area contributed by atoms with Gasteiger partial charge in [0.2, 0.25) is 0 Å². The van der Waals surface area contributed by atoms with Crippen LogP contribution in [-0.4, -0.2) is 41.2 Å². The third-order valence-corrected chi connectivity index (χ3v) is 7.61. The second-order valence-corrected chi connectivity index (χ2v) is 9.92. The Morgan fingerprint density at radius 1 is 0.912 bits per heavy atom. The molecule has 2 aromatic carbocycles. The van der Waals surface area contributed by atoms with Gasteiger partial charge in [-0.1, -0.05) is 18.2 Å². The van der Waals surface area contributed by atoms with Crippen molar-refractivity contribution in [3.8, 4) is 11.5 Å². The Bertz CT molecular complexity index is 1270. The van der Waals surface area contributed by atoms with Gasteiger partial charge in [0.05, 0.1) is 25.1 Å². The Kier molecular flexibility index (Phi) is 6.14. The summed E-state index contributed by atoms with van der Waals surface area (Å²) in [6, 6.07) is 17.9. The zero-order chi connectivity index (χ0) is 22.7. The zero-order valence-electron chi connectivity index (χ0n) is 19.1. The summed E-state index contributed by atoms with van der Waals surface area (Å²) in [5.74, 6) is 3.44. The number of ether oxygens (including phenoxy) is 2. The molecule has 0 saturated carbocycles. The van der Waals surface area contributed by atoms with Crippen molar-refractivity contribution in [1.82, 2.24) is 14.9 Å². The van der Waals surface area contributed by atoms with Crippen LogP contribution >= 0.6 is 11.3 Å². The van der Waals surface area contributed by atoms with Gasteiger partial charge in [0.1, 0.15) is 28.0 Å². The number of fused-ring (bicyclic) bond motifs is 3. The minimum Gasteiger partial charge on any atom is -0.457 e. The highest BCUT2D eigenvalue weighted by atomic mass is 32.1. The molecule has 3 heterocycles. The van der Waals surface area contributed by atoms with E-state index in [2.05, 4.69) is 10.2 Å². The van der Waals surface area contributed by atoms with Crippen molar-refractivity contribution in [2.45, 2.75) is 32.2 Å². The van der Waals surface area contributed by atoms with Crippen molar-refractivity contribution >= 4 is 33.1 Å². The van der Waals surface area contributed by atoms with Crippen LogP contribution in [0.5, 0.6) is 11.5 Å². The van der Waals surface area contributed by atoms with Gasteiger partial charge >= 0.3 is 0 Å². The maximum Gasteiger partial charge on any atom is 0.146 e. The first-order chi connectivity index (χ1) is 16.8. The number of nitrogens with one attached hydrogen (secondary N) is 1. The molecule has 0 radical (unpaired) electrons. The molecule has 1 fully saturated rings. The highest BCUT2D eigenvalue weighted by Crippen LogP contribution is 2.39. The normalized spacial score (nSPS) is 16.4. The largest absolute Gasteiger partial charge is 0.457 e. The predicted molar refractivity (Wildman–Crippen MR) is 136 cm³/mol. The zero-order valence-corrected chi connectivity index (χ0v) is 19.9. The second-order valence-electron chi connectivity index (χ2n) is 8.83. The fraction of sp³-hybridized carbons (Fsp3) is 0.333. The number of aryl methyl sites for hydroxylation is 2. The number of para-hydroxylation sites is 1. The number of morpholine rings is 1. The van der Waals surface area contributed by atoms with Crippen LogP contribution in [-0.2, 0) is 24.1 Å². The molecule has 1 N–H and O–H groups in total. The second kappa shape index (κ2) is 9.70. The van der Waals surface area contributed by atoms with E-state index in [9.17, 15) is 0 Å². The van der Waals surface area contributed by atoms with Crippen LogP contribution in [0.3, 0.4) is 0 Å². The quantitative estimate of drug-likeness (QED) is 0.375. The van der Waals surface area contributed by atoms with E-state index in [1.165, 1.54) is 28.7 Å². The Balaban J connectivity index is 1.30. The van der Waals surface area contributed by atoms with Crippen molar-refractivity contribution < 1.29 is 9.47 Å². The fourth-order valence-electron chi connectivity index (χ4n) is 4.69. The Labute approximate surface area is 203 Å². The molecule has 7 heteroatoms. The lowest BCUT2D eigenvalue weighted by molar-refractivity contribution is 0.0331. The SMILES string of the molecule is c1ccc(Oc2ccc(Nc3nc(CN4CCOCC4)nc4sc5c(c34)CCCC5)cc2)cc1. The molecule has 34 heavy (non-hydrogen) atoms. The molecule has 6 rings (SSSR count). The van der Waals surface area contributed by atoms with E-state index in [0.29, 0.717) is 0 Å². The van der Waals surface area contributed by atoms with E-state index in [4.69, 9.17) is 19.4 Å². The smallest absolute Gasteiger partial charge is 0.146 e. The fourth-order valence-corrected chi connectivity index (χ4v) is 5.97. The minimum absolute atomic E-state index is 0.750. The Morgan fingerprint density at radius 2 is 1.68 bits per heavy atom. The number of hydrogen-bond donors (Lipinski definition) is 1. The van der Waals surface area contributed by atoms with Gasteiger partial charge < -0.3 is 14.8 Å². The maximum absolute atomic E-state index is 5.95. The van der Waals surface area contributed by atoms with Crippen LogP contribution in [0, 0.1) is 0 Å². The van der Waals surface area contributed by atoms with Crippen molar-refractivity contribution in [2.75, 3.05) is 31.6 Å². The number of anilines is 2. The first-order valence-electron chi connectivity index (χ1n) is 12.0. The summed E-state index contributed by atoms with van der Waals surface area (Å²) in [5.41, 5.74) is 2.43. The lowest BCUT2D eigenvalue weighted by atomic mass is 9.97. The first kappa shape index (κ1) is 21.5. The van der Waals surface area contributed by atoms with Gasteiger partial charge in [-0.3, -0.25) is 4.90 Å². The van der Waals surface area contributed by atoms with E-state index in [-0.39, 0.29) is 0 Å². The lowest BCUT2D eigenvalue weighted by Gasteiger charge is -2.25. The molecule has 0 bridgehead atoms. The molecule has 0 amide bonds. The average Bonchev–Trinajstić information content (AvgIpc) is 3.25. The summed E-state index contributed by atoms with van der Waals surface area (Å²) in [4.78, 5) is 15.0. The van der Waals surface area contributed by atoms with Gasteiger partial charge in [-0.2, -0.15) is 0 Å². The number of hydrogen-bond acceptors (Lipinski definition) is 7. The van der Waals surface area contributed by atoms with E-state index >= 15 is 0 Å². The number of nitrogens with zero attached hydrogens (tertiary/aromatic N) is 3. The minimum atomic E-state index is 0.750. The molecular weight excluding hydrogens is 444 g/mol. The molecule has 2 aliphatic rings. The van der Waals surface area contributed by atoms with Gasteiger partial charge in [-0.25, -0.2) is 9.97 Å². The Hall–Kier alpha value is -3.00. The average molecular weight is 473 g/mol. The summed E-state index contributed by atoms with van der Waals surface area (Å²) >= 11 is 1.85. The van der Waals surface area contributed by atoms with E-state index < -0.39 is 0 Å². The van der Waals surface area contributed by atoms with Crippen molar-refractivity contribution in [3.63, 3.8) is 0 Å². The molecule has 1 saturated heterocycles. The van der Waals surface area contributed by atoms with Crippen molar-refractivity contribution in [2.24, 2.45) is 0 Å². The summed E-state index contributed by atoms with van der Waals surface area (Å²) in [5, 5.41) is 4.81. The topological polar surface area (TPSA) is 59.5 Å². The number of rotatable bonds is 6. The third kappa shape index (κ3) is 4.64. The summed E-state index contributed by atoms with van der Waals surface area (Å²) in [7, 11) is 0.